The SMILES string of the molecule is CCCCC/C=C\C/C=C\C/C=C\C/C=C\CCCCCC(=O)OC(/C=C/CCCCCCCCCCC)C(COP(=O)([O-])OCC[N+](C)(C)C)NC(=O)CCCCCCCCCCCCCCCCC. The molecule has 0 aromatic heterocycles. The Hall–Kier alpha value is -2.29. The number of rotatable bonds is 53. The first-order valence-electron chi connectivity index (χ1n) is 29.6. The monoisotopic (exact) mass is 1020 g/mol. The molecule has 3 unspecified atom stereocenters. The van der Waals surface area contributed by atoms with Crippen LogP contribution in [-0.2, 0) is 27.9 Å². The van der Waals surface area contributed by atoms with Crippen LogP contribution in [0.2, 0.25) is 0 Å². The van der Waals surface area contributed by atoms with E-state index in [4.69, 9.17) is 13.8 Å². The fraction of sp³-hybridized carbons (Fsp3) is 0.803. The van der Waals surface area contributed by atoms with Gasteiger partial charge in [0.25, 0.3) is 7.82 Å². The molecule has 414 valence electrons. The Morgan fingerprint density at radius 3 is 1.32 bits per heavy atom. The Balaban J connectivity index is 5.33. The van der Waals surface area contributed by atoms with Crippen molar-refractivity contribution in [3.05, 3.63) is 60.8 Å². The summed E-state index contributed by atoms with van der Waals surface area (Å²) < 4.78 is 30.2. The molecule has 10 heteroatoms. The number of ether oxygens (including phenoxy) is 1. The van der Waals surface area contributed by atoms with E-state index >= 15 is 0 Å². The van der Waals surface area contributed by atoms with Gasteiger partial charge in [0.1, 0.15) is 19.3 Å². The van der Waals surface area contributed by atoms with Gasteiger partial charge in [0.05, 0.1) is 33.8 Å². The lowest BCUT2D eigenvalue weighted by Crippen LogP contribution is -2.47. The third-order valence-electron chi connectivity index (χ3n) is 13.0. The number of phosphoric acid groups is 1. The molecule has 0 spiro atoms. The highest BCUT2D eigenvalue weighted by Gasteiger charge is 2.27. The predicted octanol–water partition coefficient (Wildman–Crippen LogP) is 17.3. The topological polar surface area (TPSA) is 114 Å². The van der Waals surface area contributed by atoms with Crippen molar-refractivity contribution in [2.24, 2.45) is 0 Å². The summed E-state index contributed by atoms with van der Waals surface area (Å²) in [7, 11) is 1.17. The van der Waals surface area contributed by atoms with E-state index < -0.39 is 26.6 Å². The van der Waals surface area contributed by atoms with Crippen LogP contribution in [0.15, 0.2) is 60.8 Å². The lowest BCUT2D eigenvalue weighted by atomic mass is 10.0. The first-order valence-corrected chi connectivity index (χ1v) is 31.1. The third-order valence-corrected chi connectivity index (χ3v) is 13.9. The van der Waals surface area contributed by atoms with Crippen LogP contribution in [0, 0.1) is 0 Å². The molecule has 0 aliphatic rings. The highest BCUT2D eigenvalue weighted by molar-refractivity contribution is 7.45. The van der Waals surface area contributed by atoms with Gasteiger partial charge in [-0.3, -0.25) is 14.2 Å². The van der Waals surface area contributed by atoms with E-state index in [9.17, 15) is 19.0 Å². The number of carbonyl (C=O) groups is 2. The molecule has 0 saturated carbocycles. The van der Waals surface area contributed by atoms with Gasteiger partial charge in [0, 0.05) is 12.8 Å². The van der Waals surface area contributed by atoms with Crippen LogP contribution in [0.4, 0.5) is 0 Å². The zero-order valence-corrected chi connectivity index (χ0v) is 48.1. The molecular weight excluding hydrogens is 904 g/mol. The highest BCUT2D eigenvalue weighted by Crippen LogP contribution is 2.38. The number of hydrogen-bond donors (Lipinski definition) is 1. The van der Waals surface area contributed by atoms with E-state index in [-0.39, 0.29) is 24.9 Å². The second kappa shape index (κ2) is 51.2. The Morgan fingerprint density at radius 2 is 0.859 bits per heavy atom. The molecule has 9 nitrogen and oxygen atoms in total. The Kier molecular flexibility index (Phi) is 49.6. The number of nitrogens with zero attached hydrogens (tertiary/aromatic N) is 1. The van der Waals surface area contributed by atoms with Crippen LogP contribution in [0.25, 0.3) is 0 Å². The van der Waals surface area contributed by atoms with Crippen molar-refractivity contribution in [2.45, 2.75) is 277 Å². The largest absolute Gasteiger partial charge is 0.756 e. The van der Waals surface area contributed by atoms with Gasteiger partial charge in [-0.2, -0.15) is 0 Å². The number of carbonyl (C=O) groups excluding carboxylic acids is 2. The molecule has 0 aromatic carbocycles. The number of likely N-dealkylation sites (N-methyl/N-ethyl adjacent to an activating group) is 1. The lowest BCUT2D eigenvalue weighted by molar-refractivity contribution is -0.870. The molecule has 0 fully saturated rings. The number of phosphoric ester groups is 1. The van der Waals surface area contributed by atoms with Crippen LogP contribution >= 0.6 is 7.82 Å². The fourth-order valence-electron chi connectivity index (χ4n) is 8.33. The number of amides is 1. The number of unbranched alkanes of at least 4 members (excludes halogenated alkanes) is 29. The van der Waals surface area contributed by atoms with Crippen LogP contribution in [0.1, 0.15) is 265 Å². The van der Waals surface area contributed by atoms with Crippen LogP contribution in [0.5, 0.6) is 0 Å². The van der Waals surface area contributed by atoms with Crippen molar-refractivity contribution in [3.63, 3.8) is 0 Å². The van der Waals surface area contributed by atoms with Gasteiger partial charge in [-0.1, -0.05) is 236 Å². The number of nitrogens with one attached hydrogen (secondary N) is 1. The quantitative estimate of drug-likeness (QED) is 0.0212. The second-order valence-electron chi connectivity index (χ2n) is 21.2. The third kappa shape index (κ3) is 52.4. The smallest absolute Gasteiger partial charge is 0.306 e. The average molecular weight is 1020 g/mol. The maximum atomic E-state index is 13.5. The van der Waals surface area contributed by atoms with E-state index in [1.54, 1.807) is 0 Å². The molecule has 71 heavy (non-hydrogen) atoms. The van der Waals surface area contributed by atoms with Crippen molar-refractivity contribution in [1.82, 2.24) is 5.32 Å². The van der Waals surface area contributed by atoms with Crippen molar-refractivity contribution in [3.8, 4) is 0 Å². The van der Waals surface area contributed by atoms with E-state index in [2.05, 4.69) is 74.7 Å². The van der Waals surface area contributed by atoms with E-state index in [0.717, 1.165) is 77.0 Å². The molecule has 0 rings (SSSR count). The summed E-state index contributed by atoms with van der Waals surface area (Å²) in [6.45, 7) is 6.79. The number of esters is 1. The summed E-state index contributed by atoms with van der Waals surface area (Å²) in [4.78, 5) is 39.9. The maximum Gasteiger partial charge on any atom is 0.306 e. The summed E-state index contributed by atoms with van der Waals surface area (Å²) in [6, 6.07) is -0.899. The normalized spacial score (nSPS) is 14.2. The van der Waals surface area contributed by atoms with Gasteiger partial charge in [-0.05, 0) is 76.7 Å². The van der Waals surface area contributed by atoms with Crippen molar-refractivity contribution < 1.29 is 37.3 Å². The molecule has 0 heterocycles. The minimum Gasteiger partial charge on any atom is -0.756 e. The maximum absolute atomic E-state index is 13.5. The Bertz CT molecular complexity index is 1400. The van der Waals surface area contributed by atoms with Crippen LogP contribution < -0.4 is 10.2 Å². The minimum atomic E-state index is -4.70. The minimum absolute atomic E-state index is 0.0278. The van der Waals surface area contributed by atoms with Crippen LogP contribution in [0.3, 0.4) is 0 Å². The summed E-state index contributed by atoms with van der Waals surface area (Å²) >= 11 is 0. The fourth-order valence-corrected chi connectivity index (χ4v) is 9.05. The van der Waals surface area contributed by atoms with E-state index in [1.165, 1.54) is 148 Å². The molecular formula is C61H113N2O7P. The number of hydrogen-bond acceptors (Lipinski definition) is 7. The number of quaternary nitrogens is 1. The molecule has 1 amide bonds. The second-order valence-corrected chi connectivity index (χ2v) is 22.6. The Labute approximate surface area is 439 Å². The van der Waals surface area contributed by atoms with Gasteiger partial charge in [-0.15, -0.1) is 0 Å². The molecule has 0 bridgehead atoms. The molecule has 0 saturated heterocycles. The predicted molar refractivity (Wildman–Crippen MR) is 302 cm³/mol. The molecule has 0 aliphatic heterocycles. The van der Waals surface area contributed by atoms with Gasteiger partial charge >= 0.3 is 5.97 Å². The van der Waals surface area contributed by atoms with Crippen molar-refractivity contribution >= 4 is 19.7 Å². The van der Waals surface area contributed by atoms with Crippen molar-refractivity contribution in [2.75, 3.05) is 40.9 Å². The summed E-state index contributed by atoms with van der Waals surface area (Å²) in [5.74, 6) is -0.572. The average Bonchev–Trinajstić information content (AvgIpc) is 3.33. The van der Waals surface area contributed by atoms with Gasteiger partial charge in [0.15, 0.2) is 0 Å². The molecule has 1 N–H and O–H groups in total. The molecule has 0 aromatic rings. The molecule has 0 radical (unpaired) electrons. The van der Waals surface area contributed by atoms with E-state index in [1.807, 2.05) is 33.3 Å². The first-order chi connectivity index (χ1) is 34.4. The summed E-state index contributed by atoms with van der Waals surface area (Å²) in [6.07, 6.45) is 63.2. The Morgan fingerprint density at radius 1 is 0.493 bits per heavy atom. The van der Waals surface area contributed by atoms with Crippen LogP contribution in [-0.4, -0.2) is 69.4 Å². The van der Waals surface area contributed by atoms with E-state index in [0.29, 0.717) is 23.9 Å². The van der Waals surface area contributed by atoms with Gasteiger partial charge < -0.3 is 28.5 Å². The number of allylic oxidation sites excluding steroid dienone is 9. The van der Waals surface area contributed by atoms with Gasteiger partial charge in [-0.25, -0.2) is 0 Å². The lowest BCUT2D eigenvalue weighted by Gasteiger charge is -2.30. The standard InChI is InChI=1S/C61H113N2O7P/c1-7-10-13-16-19-22-25-27-29-30-31-32-34-36-39-42-45-48-51-54-61(65)70-59(52-49-46-43-40-37-24-21-18-15-12-9-3)58(57-69-71(66,67)68-56-55-63(4,5)6)62-60(64)53-50-47-44-41-38-35-33-28-26-23-20-17-14-11-8-2/h19,22,27,29,31-32,36,39,49,52,58-59H,7-18,20-21,23-26,28,30,33-35,37-38,40-48,50-51,53-57H2,1-6H3,(H-,62,64,66,67)/b22-19-,29-27-,32-31-,39-36-,52-49+. The first kappa shape index (κ1) is 68.7. The van der Waals surface area contributed by atoms with Gasteiger partial charge in [0.2, 0.25) is 5.91 Å². The summed E-state index contributed by atoms with van der Waals surface area (Å²) in [5, 5.41) is 3.01. The highest BCUT2D eigenvalue weighted by atomic mass is 31.2. The molecule has 0 aliphatic carbocycles. The summed E-state index contributed by atoms with van der Waals surface area (Å²) in [5.41, 5.74) is 0. The zero-order chi connectivity index (χ0) is 52.2. The van der Waals surface area contributed by atoms with Crippen molar-refractivity contribution in [1.29, 1.82) is 0 Å². The zero-order valence-electron chi connectivity index (χ0n) is 47.2. The molecule has 3 atom stereocenters.